The number of halogens is 1. The van der Waals surface area contributed by atoms with Crippen molar-refractivity contribution in [1.29, 1.82) is 0 Å². The number of rotatable bonds is 6. The number of β-amino-alcohol motifs (C(OH)–C–C–N with tert-alkyl or cyclic N) is 1. The van der Waals surface area contributed by atoms with Crippen molar-refractivity contribution < 1.29 is 14.6 Å². The minimum absolute atomic E-state index is 0. The summed E-state index contributed by atoms with van der Waals surface area (Å²) in [7, 11) is 0. The van der Waals surface area contributed by atoms with Crippen molar-refractivity contribution in [3.05, 3.63) is 29.3 Å². The van der Waals surface area contributed by atoms with Crippen LogP contribution in [0.4, 0.5) is 0 Å². The van der Waals surface area contributed by atoms with Crippen molar-refractivity contribution in [2.45, 2.75) is 44.9 Å². The van der Waals surface area contributed by atoms with Crippen molar-refractivity contribution in [3.8, 4) is 5.75 Å². The van der Waals surface area contributed by atoms with Crippen LogP contribution in [-0.2, 0) is 11.3 Å². The van der Waals surface area contributed by atoms with E-state index in [0.29, 0.717) is 25.4 Å². The van der Waals surface area contributed by atoms with E-state index >= 15 is 0 Å². The van der Waals surface area contributed by atoms with Crippen molar-refractivity contribution >= 4 is 18.3 Å². The maximum atomic E-state index is 12.1. The predicted molar refractivity (Wildman–Crippen MR) is 90.9 cm³/mol. The smallest absolute Gasteiger partial charge is 0.237 e. The first kappa shape index (κ1) is 18.0. The second-order valence-electron chi connectivity index (χ2n) is 6.43. The Morgan fingerprint density at radius 3 is 2.87 bits per heavy atom. The number of carbonyl (C=O) groups excluding carboxylic acids is 1. The first-order chi connectivity index (χ1) is 10.6. The van der Waals surface area contributed by atoms with Crippen LogP contribution in [0.5, 0.6) is 5.75 Å². The Balaban J connectivity index is 0.00000192. The van der Waals surface area contributed by atoms with E-state index in [2.05, 4.69) is 10.6 Å². The molecule has 1 saturated heterocycles. The van der Waals surface area contributed by atoms with Gasteiger partial charge in [-0.15, -0.1) is 12.4 Å². The number of carbonyl (C=O) groups is 1. The SMILES string of the molecule is Cc1ccc(CNC(=O)C2CC(O)CN2)c(OCC2CC2)c1.Cl. The van der Waals surface area contributed by atoms with Crippen molar-refractivity contribution in [2.24, 2.45) is 5.92 Å². The molecule has 1 aromatic rings. The first-order valence-electron chi connectivity index (χ1n) is 8.03. The molecule has 0 aromatic heterocycles. The molecule has 3 rings (SSSR count). The predicted octanol–water partition coefficient (Wildman–Crippen LogP) is 1.54. The Labute approximate surface area is 143 Å². The monoisotopic (exact) mass is 340 g/mol. The van der Waals surface area contributed by atoms with Crippen molar-refractivity contribution in [1.82, 2.24) is 10.6 Å². The summed E-state index contributed by atoms with van der Waals surface area (Å²) >= 11 is 0. The zero-order valence-electron chi connectivity index (χ0n) is 13.4. The van der Waals surface area contributed by atoms with Gasteiger partial charge in [-0.2, -0.15) is 0 Å². The average molecular weight is 341 g/mol. The summed E-state index contributed by atoms with van der Waals surface area (Å²) in [4.78, 5) is 12.1. The van der Waals surface area contributed by atoms with Gasteiger partial charge in [0.25, 0.3) is 0 Å². The molecule has 1 heterocycles. The lowest BCUT2D eigenvalue weighted by Gasteiger charge is -2.15. The number of aliphatic hydroxyl groups is 1. The molecule has 0 spiro atoms. The summed E-state index contributed by atoms with van der Waals surface area (Å²) in [6.07, 6.45) is 2.57. The normalized spacial score (nSPS) is 23.2. The highest BCUT2D eigenvalue weighted by atomic mass is 35.5. The summed E-state index contributed by atoms with van der Waals surface area (Å²) in [6, 6.07) is 5.77. The number of aryl methyl sites for hydroxylation is 1. The molecule has 1 saturated carbocycles. The molecule has 5 nitrogen and oxygen atoms in total. The molecule has 3 N–H and O–H groups in total. The largest absolute Gasteiger partial charge is 0.493 e. The van der Waals surface area contributed by atoms with E-state index < -0.39 is 6.10 Å². The average Bonchev–Trinajstić information content (AvgIpc) is 3.23. The molecule has 2 aliphatic rings. The molecule has 6 heteroatoms. The van der Waals surface area contributed by atoms with Gasteiger partial charge in [0.1, 0.15) is 5.75 Å². The molecular formula is C17H25ClN2O3. The molecule has 128 valence electrons. The van der Waals surface area contributed by atoms with Gasteiger partial charge in [-0.1, -0.05) is 12.1 Å². The van der Waals surface area contributed by atoms with Crippen LogP contribution < -0.4 is 15.4 Å². The zero-order valence-corrected chi connectivity index (χ0v) is 14.2. The first-order valence-corrected chi connectivity index (χ1v) is 8.03. The lowest BCUT2D eigenvalue weighted by molar-refractivity contribution is -0.123. The highest BCUT2D eigenvalue weighted by Crippen LogP contribution is 2.30. The van der Waals surface area contributed by atoms with E-state index in [1.165, 1.54) is 12.8 Å². The molecule has 0 bridgehead atoms. The summed E-state index contributed by atoms with van der Waals surface area (Å²) in [6.45, 7) is 3.74. The van der Waals surface area contributed by atoms with E-state index in [1.807, 2.05) is 25.1 Å². The molecule has 1 amide bonds. The lowest BCUT2D eigenvalue weighted by Crippen LogP contribution is -2.40. The minimum atomic E-state index is -0.424. The van der Waals surface area contributed by atoms with Gasteiger partial charge in [-0.25, -0.2) is 0 Å². The van der Waals surface area contributed by atoms with Gasteiger partial charge in [0.2, 0.25) is 5.91 Å². The summed E-state index contributed by atoms with van der Waals surface area (Å²) in [5.74, 6) is 1.50. The number of aliphatic hydroxyl groups excluding tert-OH is 1. The van der Waals surface area contributed by atoms with Crippen LogP contribution in [0.3, 0.4) is 0 Å². The fourth-order valence-corrected chi connectivity index (χ4v) is 2.66. The van der Waals surface area contributed by atoms with Crippen molar-refractivity contribution in [2.75, 3.05) is 13.2 Å². The van der Waals surface area contributed by atoms with E-state index in [4.69, 9.17) is 4.74 Å². The second kappa shape index (κ2) is 7.99. The zero-order chi connectivity index (χ0) is 15.5. The van der Waals surface area contributed by atoms with Crippen LogP contribution in [0.15, 0.2) is 18.2 Å². The Hall–Kier alpha value is -1.30. The van der Waals surface area contributed by atoms with Crippen molar-refractivity contribution in [3.63, 3.8) is 0 Å². The van der Waals surface area contributed by atoms with Crippen LogP contribution in [0.1, 0.15) is 30.4 Å². The number of hydrogen-bond donors (Lipinski definition) is 3. The second-order valence-corrected chi connectivity index (χ2v) is 6.43. The Bertz CT molecular complexity index is 549. The van der Waals surface area contributed by atoms with Gasteiger partial charge in [0.15, 0.2) is 0 Å². The summed E-state index contributed by atoms with van der Waals surface area (Å²) in [5.41, 5.74) is 2.15. The number of nitrogens with one attached hydrogen (secondary N) is 2. The van der Waals surface area contributed by atoms with Gasteiger partial charge in [-0.3, -0.25) is 4.79 Å². The minimum Gasteiger partial charge on any atom is -0.493 e. The summed E-state index contributed by atoms with van der Waals surface area (Å²) < 4.78 is 5.91. The number of benzene rings is 1. The van der Waals surface area contributed by atoms with Gasteiger partial charge in [0.05, 0.1) is 18.8 Å². The summed E-state index contributed by atoms with van der Waals surface area (Å²) in [5, 5.41) is 15.4. The van der Waals surface area contributed by atoms with Crippen LogP contribution in [0.25, 0.3) is 0 Å². The van der Waals surface area contributed by atoms with E-state index in [0.717, 1.165) is 23.5 Å². The maximum absolute atomic E-state index is 12.1. The van der Waals surface area contributed by atoms with Gasteiger partial charge in [0, 0.05) is 18.7 Å². The topological polar surface area (TPSA) is 70.6 Å². The fourth-order valence-electron chi connectivity index (χ4n) is 2.66. The maximum Gasteiger partial charge on any atom is 0.237 e. The van der Waals surface area contributed by atoms with Gasteiger partial charge >= 0.3 is 0 Å². The molecule has 2 atom stereocenters. The Kier molecular flexibility index (Phi) is 6.27. The molecular weight excluding hydrogens is 316 g/mol. The highest BCUT2D eigenvalue weighted by molar-refractivity contribution is 5.85. The standard InChI is InChI=1S/C17H24N2O3.ClH/c1-11-2-5-13(16(6-11)22-10-12-3-4-12)8-19-17(21)15-7-14(20)9-18-15;/h2,5-6,12,14-15,18,20H,3-4,7-10H2,1H3,(H,19,21);1H. The van der Waals surface area contributed by atoms with Crippen LogP contribution in [0, 0.1) is 12.8 Å². The number of hydrogen-bond acceptors (Lipinski definition) is 4. The van der Waals surface area contributed by atoms with Gasteiger partial charge < -0.3 is 20.5 Å². The third-order valence-corrected chi connectivity index (χ3v) is 4.27. The van der Waals surface area contributed by atoms with E-state index in [1.54, 1.807) is 0 Å². The lowest BCUT2D eigenvalue weighted by atomic mass is 10.1. The third kappa shape index (κ3) is 5.09. The Morgan fingerprint density at radius 2 is 2.22 bits per heavy atom. The molecule has 1 aliphatic heterocycles. The molecule has 1 aromatic carbocycles. The Morgan fingerprint density at radius 1 is 1.43 bits per heavy atom. The molecule has 0 radical (unpaired) electrons. The number of amides is 1. The highest BCUT2D eigenvalue weighted by Gasteiger charge is 2.28. The van der Waals surface area contributed by atoms with E-state index in [9.17, 15) is 9.90 Å². The van der Waals surface area contributed by atoms with E-state index in [-0.39, 0.29) is 24.4 Å². The molecule has 2 fully saturated rings. The molecule has 2 unspecified atom stereocenters. The molecule has 1 aliphatic carbocycles. The number of ether oxygens (including phenoxy) is 1. The third-order valence-electron chi connectivity index (χ3n) is 4.27. The van der Waals surface area contributed by atoms with Crippen LogP contribution in [-0.4, -0.2) is 36.3 Å². The van der Waals surface area contributed by atoms with Crippen LogP contribution >= 0.6 is 12.4 Å². The van der Waals surface area contributed by atoms with Gasteiger partial charge in [-0.05, 0) is 43.7 Å². The quantitative estimate of drug-likeness (QED) is 0.734. The molecule has 23 heavy (non-hydrogen) atoms. The van der Waals surface area contributed by atoms with Crippen LogP contribution in [0.2, 0.25) is 0 Å². The fraction of sp³-hybridized carbons (Fsp3) is 0.588.